The van der Waals surface area contributed by atoms with Gasteiger partial charge in [-0.2, -0.15) is 13.2 Å². The van der Waals surface area contributed by atoms with Crippen molar-refractivity contribution in [2.45, 2.75) is 18.6 Å². The molecular formula is C16H17ClF3NO. The molecule has 0 aliphatic rings. The summed E-state index contributed by atoms with van der Waals surface area (Å²) in [4.78, 5) is 0. The molecule has 0 heterocycles. The quantitative estimate of drug-likeness (QED) is 0.883. The molecule has 22 heavy (non-hydrogen) atoms. The van der Waals surface area contributed by atoms with Crippen molar-refractivity contribution in [2.75, 3.05) is 6.61 Å². The molecule has 2 aromatic rings. The topological polar surface area (TPSA) is 46.2 Å². The molecule has 120 valence electrons. The molecule has 2 rings (SSSR count). The Balaban J connectivity index is 0.00000242. The second kappa shape index (κ2) is 7.63. The van der Waals surface area contributed by atoms with E-state index >= 15 is 0 Å². The molecule has 0 aliphatic heterocycles. The van der Waals surface area contributed by atoms with Crippen LogP contribution in [0, 0.1) is 0 Å². The van der Waals surface area contributed by atoms with E-state index in [2.05, 4.69) is 0 Å². The van der Waals surface area contributed by atoms with Crippen LogP contribution in [-0.2, 0) is 6.18 Å². The fraction of sp³-hybridized carbons (Fsp3) is 0.250. The number of rotatable bonds is 4. The van der Waals surface area contributed by atoms with Gasteiger partial charge < -0.3 is 10.8 Å². The zero-order valence-electron chi connectivity index (χ0n) is 11.7. The molecule has 0 radical (unpaired) electrons. The molecule has 2 aromatic carbocycles. The molecule has 0 unspecified atom stereocenters. The molecule has 6 heteroatoms. The maximum absolute atomic E-state index is 12.5. The zero-order valence-corrected chi connectivity index (χ0v) is 12.5. The highest BCUT2D eigenvalue weighted by molar-refractivity contribution is 5.85. The lowest BCUT2D eigenvalue weighted by Crippen LogP contribution is -2.11. The Hall–Kier alpha value is -1.56. The van der Waals surface area contributed by atoms with Crippen LogP contribution in [0.25, 0.3) is 11.1 Å². The molecule has 0 saturated carbocycles. The van der Waals surface area contributed by atoms with E-state index in [1.54, 1.807) is 0 Å². The van der Waals surface area contributed by atoms with Crippen LogP contribution in [-0.4, -0.2) is 11.7 Å². The molecule has 0 aromatic heterocycles. The standard InChI is InChI=1S/C16H16F3NO.ClH/c17-16(18,19)14-7-5-12(6-8-14)11-1-3-13(4-2-11)15(20)9-10-21;/h1-8,15,21H,9-10,20H2;1H/t15-;/m0./s1. The molecule has 0 bridgehead atoms. The summed E-state index contributed by atoms with van der Waals surface area (Å²) in [7, 11) is 0. The van der Waals surface area contributed by atoms with Crippen LogP contribution < -0.4 is 5.73 Å². The van der Waals surface area contributed by atoms with Crippen molar-refractivity contribution < 1.29 is 18.3 Å². The predicted molar refractivity (Wildman–Crippen MR) is 82.8 cm³/mol. The van der Waals surface area contributed by atoms with Gasteiger partial charge in [-0.05, 0) is 35.2 Å². The van der Waals surface area contributed by atoms with Crippen LogP contribution in [0.3, 0.4) is 0 Å². The van der Waals surface area contributed by atoms with Gasteiger partial charge in [0.1, 0.15) is 0 Å². The van der Waals surface area contributed by atoms with Gasteiger partial charge in [0.05, 0.1) is 5.56 Å². The number of hydrogen-bond acceptors (Lipinski definition) is 2. The number of benzene rings is 2. The van der Waals surface area contributed by atoms with Gasteiger partial charge in [-0.15, -0.1) is 12.4 Å². The van der Waals surface area contributed by atoms with Crippen LogP contribution in [0.15, 0.2) is 48.5 Å². The van der Waals surface area contributed by atoms with E-state index in [4.69, 9.17) is 10.8 Å². The molecule has 0 spiro atoms. The van der Waals surface area contributed by atoms with Gasteiger partial charge in [0, 0.05) is 12.6 Å². The van der Waals surface area contributed by atoms with E-state index in [0.29, 0.717) is 12.0 Å². The smallest absolute Gasteiger partial charge is 0.396 e. The second-order valence-electron chi connectivity index (χ2n) is 4.82. The third kappa shape index (κ3) is 4.47. The van der Waals surface area contributed by atoms with E-state index in [-0.39, 0.29) is 25.1 Å². The van der Waals surface area contributed by atoms with Crippen molar-refractivity contribution in [3.63, 3.8) is 0 Å². The van der Waals surface area contributed by atoms with Gasteiger partial charge in [-0.3, -0.25) is 0 Å². The summed E-state index contributed by atoms with van der Waals surface area (Å²) >= 11 is 0. The predicted octanol–water partition coefficient (Wildman–Crippen LogP) is 4.18. The van der Waals surface area contributed by atoms with E-state index in [1.807, 2.05) is 24.3 Å². The van der Waals surface area contributed by atoms with Crippen molar-refractivity contribution in [3.8, 4) is 11.1 Å². The summed E-state index contributed by atoms with van der Waals surface area (Å²) in [6.45, 7) is 0.0157. The number of halogens is 4. The van der Waals surface area contributed by atoms with Crippen LogP contribution >= 0.6 is 12.4 Å². The molecule has 0 aliphatic carbocycles. The summed E-state index contributed by atoms with van der Waals surface area (Å²) in [6.07, 6.45) is -3.85. The molecule has 0 fully saturated rings. The van der Waals surface area contributed by atoms with Gasteiger partial charge in [0.25, 0.3) is 0 Å². The van der Waals surface area contributed by atoms with Gasteiger partial charge in [-0.1, -0.05) is 36.4 Å². The minimum Gasteiger partial charge on any atom is -0.396 e. The monoisotopic (exact) mass is 331 g/mol. The highest BCUT2D eigenvalue weighted by Gasteiger charge is 2.29. The minimum absolute atomic E-state index is 0. The molecular weight excluding hydrogens is 315 g/mol. The largest absolute Gasteiger partial charge is 0.416 e. The van der Waals surface area contributed by atoms with Crippen LogP contribution in [0.4, 0.5) is 13.2 Å². The van der Waals surface area contributed by atoms with Crippen molar-refractivity contribution in [3.05, 3.63) is 59.7 Å². The Kier molecular flexibility index (Phi) is 6.41. The van der Waals surface area contributed by atoms with E-state index in [9.17, 15) is 13.2 Å². The van der Waals surface area contributed by atoms with Gasteiger partial charge in [-0.25, -0.2) is 0 Å². The normalized spacial score (nSPS) is 12.6. The van der Waals surface area contributed by atoms with Crippen molar-refractivity contribution in [1.29, 1.82) is 0 Å². The molecule has 2 nitrogen and oxygen atoms in total. The van der Waals surface area contributed by atoms with Crippen LogP contribution in [0.1, 0.15) is 23.6 Å². The third-order valence-electron chi connectivity index (χ3n) is 3.32. The number of nitrogens with two attached hydrogens (primary N) is 1. The fourth-order valence-electron chi connectivity index (χ4n) is 2.08. The number of hydrogen-bond donors (Lipinski definition) is 2. The van der Waals surface area contributed by atoms with Crippen LogP contribution in [0.5, 0.6) is 0 Å². The summed E-state index contributed by atoms with van der Waals surface area (Å²) in [5.74, 6) is 0. The zero-order chi connectivity index (χ0) is 15.5. The lowest BCUT2D eigenvalue weighted by Gasteiger charge is -2.11. The van der Waals surface area contributed by atoms with Gasteiger partial charge in [0.15, 0.2) is 0 Å². The average molecular weight is 332 g/mol. The number of aliphatic hydroxyl groups excluding tert-OH is 1. The van der Waals surface area contributed by atoms with Crippen LogP contribution in [0.2, 0.25) is 0 Å². The van der Waals surface area contributed by atoms with E-state index < -0.39 is 11.7 Å². The van der Waals surface area contributed by atoms with E-state index in [1.165, 1.54) is 12.1 Å². The van der Waals surface area contributed by atoms with E-state index in [0.717, 1.165) is 23.3 Å². The van der Waals surface area contributed by atoms with Gasteiger partial charge >= 0.3 is 6.18 Å². The third-order valence-corrected chi connectivity index (χ3v) is 3.32. The Labute approximate surface area is 133 Å². The highest BCUT2D eigenvalue weighted by Crippen LogP contribution is 2.31. The minimum atomic E-state index is -4.32. The Morgan fingerprint density at radius 1 is 0.909 bits per heavy atom. The number of aliphatic hydroxyl groups is 1. The van der Waals surface area contributed by atoms with Crippen molar-refractivity contribution in [1.82, 2.24) is 0 Å². The summed E-state index contributed by atoms with van der Waals surface area (Å²) < 4.78 is 37.5. The van der Waals surface area contributed by atoms with Crippen molar-refractivity contribution in [2.24, 2.45) is 5.73 Å². The Morgan fingerprint density at radius 3 is 1.77 bits per heavy atom. The maximum atomic E-state index is 12.5. The SMILES string of the molecule is Cl.N[C@@H](CCO)c1ccc(-c2ccc(C(F)(F)F)cc2)cc1. The van der Waals surface area contributed by atoms with Crippen molar-refractivity contribution >= 4 is 12.4 Å². The molecule has 0 amide bonds. The highest BCUT2D eigenvalue weighted by atomic mass is 35.5. The van der Waals surface area contributed by atoms with Gasteiger partial charge in [0.2, 0.25) is 0 Å². The first-order valence-electron chi connectivity index (χ1n) is 6.56. The second-order valence-corrected chi connectivity index (χ2v) is 4.82. The maximum Gasteiger partial charge on any atom is 0.416 e. The summed E-state index contributed by atoms with van der Waals surface area (Å²) in [5.41, 5.74) is 7.64. The average Bonchev–Trinajstić information content (AvgIpc) is 2.47. The Bertz CT molecular complexity index is 582. The first-order chi connectivity index (χ1) is 9.91. The number of alkyl halides is 3. The first kappa shape index (κ1) is 18.5. The molecule has 0 saturated heterocycles. The summed E-state index contributed by atoms with van der Waals surface area (Å²) in [5, 5.41) is 8.85. The molecule has 3 N–H and O–H groups in total. The Morgan fingerprint density at radius 2 is 1.36 bits per heavy atom. The lowest BCUT2D eigenvalue weighted by atomic mass is 9.99. The lowest BCUT2D eigenvalue weighted by molar-refractivity contribution is -0.137. The summed E-state index contributed by atoms with van der Waals surface area (Å²) in [6, 6.07) is 12.1. The first-order valence-corrected chi connectivity index (χ1v) is 6.56. The fourth-order valence-corrected chi connectivity index (χ4v) is 2.08. The molecule has 1 atom stereocenters.